The zero-order valence-corrected chi connectivity index (χ0v) is 14.5. The first kappa shape index (κ1) is 15.9. The summed E-state index contributed by atoms with van der Waals surface area (Å²) < 4.78 is 5.57. The van der Waals surface area contributed by atoms with Gasteiger partial charge in [-0.25, -0.2) is 9.97 Å². The highest BCUT2D eigenvalue weighted by Crippen LogP contribution is 2.34. The van der Waals surface area contributed by atoms with Crippen LogP contribution in [0.2, 0.25) is 0 Å². The molecule has 1 aliphatic rings. The van der Waals surface area contributed by atoms with Crippen LogP contribution in [-0.2, 0) is 0 Å². The minimum absolute atomic E-state index is 0.0193. The van der Waals surface area contributed by atoms with Crippen molar-refractivity contribution in [1.29, 1.82) is 0 Å². The Kier molecular flexibility index (Phi) is 4.61. The Labute approximate surface area is 140 Å². The van der Waals surface area contributed by atoms with Crippen molar-refractivity contribution < 1.29 is 9.53 Å². The lowest BCUT2D eigenvalue weighted by molar-refractivity contribution is 0.0728. The van der Waals surface area contributed by atoms with E-state index in [-0.39, 0.29) is 11.9 Å². The number of aromatic nitrogens is 2. The summed E-state index contributed by atoms with van der Waals surface area (Å²) in [6.07, 6.45) is 1.95. The molecule has 1 fully saturated rings. The third-order valence-corrected chi connectivity index (χ3v) is 4.79. The normalized spacial score (nSPS) is 17.5. The lowest BCUT2D eigenvalue weighted by Crippen LogP contribution is -2.31. The van der Waals surface area contributed by atoms with E-state index in [0.717, 1.165) is 35.8 Å². The van der Waals surface area contributed by atoms with Crippen LogP contribution in [0.3, 0.4) is 0 Å². The van der Waals surface area contributed by atoms with Gasteiger partial charge in [0.25, 0.3) is 5.91 Å². The first-order valence-corrected chi connectivity index (χ1v) is 8.81. The molecule has 0 aromatic carbocycles. The molecule has 0 saturated carbocycles. The minimum atomic E-state index is -0.0193. The zero-order chi connectivity index (χ0) is 16.4. The summed E-state index contributed by atoms with van der Waals surface area (Å²) in [6, 6.07) is 3.73. The summed E-state index contributed by atoms with van der Waals surface area (Å²) in [5.41, 5.74) is 2.38. The summed E-state index contributed by atoms with van der Waals surface area (Å²) >= 11 is 1.63. The second kappa shape index (κ2) is 6.66. The van der Waals surface area contributed by atoms with Crippen molar-refractivity contribution in [3.8, 4) is 5.88 Å². The van der Waals surface area contributed by atoms with Crippen molar-refractivity contribution in [3.63, 3.8) is 0 Å². The van der Waals surface area contributed by atoms with Gasteiger partial charge in [-0.1, -0.05) is 0 Å². The van der Waals surface area contributed by atoms with Gasteiger partial charge in [0.05, 0.1) is 23.4 Å². The smallest absolute Gasteiger partial charge is 0.259 e. The number of ether oxygens (including phenoxy) is 1. The Bertz CT molecular complexity index is 714. The number of hydrogen-bond donors (Lipinski definition) is 0. The van der Waals surface area contributed by atoms with Gasteiger partial charge in [0.1, 0.15) is 5.56 Å². The first-order valence-electron chi connectivity index (χ1n) is 7.93. The van der Waals surface area contributed by atoms with Crippen LogP contribution in [0.15, 0.2) is 17.5 Å². The number of carbonyl (C=O) groups excluding carboxylic acids is 1. The maximum Gasteiger partial charge on any atom is 0.259 e. The second-order valence-corrected chi connectivity index (χ2v) is 6.75. The molecular formula is C17H21N3O2S. The molecule has 5 nitrogen and oxygen atoms in total. The average Bonchev–Trinajstić information content (AvgIpc) is 3.15. The van der Waals surface area contributed by atoms with Gasteiger partial charge in [0, 0.05) is 17.6 Å². The van der Waals surface area contributed by atoms with Crippen LogP contribution >= 0.6 is 11.3 Å². The van der Waals surface area contributed by atoms with Gasteiger partial charge in [-0.3, -0.25) is 4.79 Å². The van der Waals surface area contributed by atoms with Crippen molar-refractivity contribution in [2.24, 2.45) is 0 Å². The molecule has 1 unspecified atom stereocenters. The lowest BCUT2D eigenvalue weighted by atomic mass is 10.1. The fraction of sp³-hybridized carbons (Fsp3) is 0.471. The van der Waals surface area contributed by atoms with Crippen molar-refractivity contribution in [2.45, 2.75) is 39.7 Å². The summed E-state index contributed by atoms with van der Waals surface area (Å²) in [5, 5.41) is 3.09. The third kappa shape index (κ3) is 3.22. The molecule has 122 valence electrons. The quantitative estimate of drug-likeness (QED) is 0.860. The van der Waals surface area contributed by atoms with Crippen molar-refractivity contribution in [2.75, 3.05) is 13.2 Å². The highest BCUT2D eigenvalue weighted by atomic mass is 32.1. The molecule has 2 aromatic heterocycles. The number of thiazole rings is 1. The van der Waals surface area contributed by atoms with Crippen LogP contribution in [-0.4, -0.2) is 33.9 Å². The molecule has 2 aromatic rings. The molecule has 0 spiro atoms. The van der Waals surface area contributed by atoms with E-state index in [2.05, 4.69) is 15.3 Å². The number of rotatable bonds is 4. The van der Waals surface area contributed by atoms with Gasteiger partial charge < -0.3 is 9.64 Å². The third-order valence-electron chi connectivity index (χ3n) is 4.00. The van der Waals surface area contributed by atoms with E-state index >= 15 is 0 Å². The Balaban J connectivity index is 1.90. The van der Waals surface area contributed by atoms with Crippen molar-refractivity contribution in [3.05, 3.63) is 39.5 Å². The Morgan fingerprint density at radius 1 is 1.39 bits per heavy atom. The number of pyridine rings is 1. The number of likely N-dealkylation sites (tertiary alicyclic amines) is 1. The van der Waals surface area contributed by atoms with Gasteiger partial charge in [-0.15, -0.1) is 11.3 Å². The van der Waals surface area contributed by atoms with E-state index in [1.165, 1.54) is 0 Å². The second-order valence-electron chi connectivity index (χ2n) is 5.69. The molecule has 1 saturated heterocycles. The van der Waals surface area contributed by atoms with Crippen LogP contribution in [0.5, 0.6) is 5.88 Å². The zero-order valence-electron chi connectivity index (χ0n) is 13.7. The number of hydrogen-bond acceptors (Lipinski definition) is 5. The van der Waals surface area contributed by atoms with E-state index in [9.17, 15) is 4.79 Å². The fourth-order valence-corrected chi connectivity index (χ4v) is 3.61. The van der Waals surface area contributed by atoms with Gasteiger partial charge in [0.15, 0.2) is 0 Å². The summed E-state index contributed by atoms with van der Waals surface area (Å²) in [6.45, 7) is 7.03. The standard InChI is InChI=1S/C17H21N3O2S/c1-4-22-16-13(8-7-11(2)18-16)17(21)20-9-5-6-15(20)14-10-23-12(3)19-14/h7-8,10,15H,4-6,9H2,1-3H3. The van der Waals surface area contributed by atoms with Crippen LogP contribution < -0.4 is 4.74 Å². The highest BCUT2D eigenvalue weighted by molar-refractivity contribution is 7.09. The van der Waals surface area contributed by atoms with Gasteiger partial charge >= 0.3 is 0 Å². The molecule has 0 N–H and O–H groups in total. The summed E-state index contributed by atoms with van der Waals surface area (Å²) in [7, 11) is 0. The molecule has 1 aliphatic heterocycles. The molecular weight excluding hydrogens is 310 g/mol. The lowest BCUT2D eigenvalue weighted by Gasteiger charge is -2.24. The SMILES string of the molecule is CCOc1nc(C)ccc1C(=O)N1CCCC1c1csc(C)n1. The molecule has 1 amide bonds. The summed E-state index contributed by atoms with van der Waals surface area (Å²) in [4.78, 5) is 23.9. The van der Waals surface area contributed by atoms with E-state index < -0.39 is 0 Å². The predicted molar refractivity (Wildman–Crippen MR) is 90.0 cm³/mol. The fourth-order valence-electron chi connectivity index (χ4n) is 2.95. The summed E-state index contributed by atoms with van der Waals surface area (Å²) in [5.74, 6) is 0.409. The largest absolute Gasteiger partial charge is 0.477 e. The van der Waals surface area contributed by atoms with Crippen molar-refractivity contribution in [1.82, 2.24) is 14.9 Å². The monoisotopic (exact) mass is 331 g/mol. The van der Waals surface area contributed by atoms with Crippen LogP contribution in [0.25, 0.3) is 0 Å². The average molecular weight is 331 g/mol. The van der Waals surface area contributed by atoms with Crippen molar-refractivity contribution >= 4 is 17.2 Å². The minimum Gasteiger partial charge on any atom is -0.477 e. The van der Waals surface area contributed by atoms with E-state index in [1.807, 2.05) is 37.8 Å². The van der Waals surface area contributed by atoms with Gasteiger partial charge in [-0.2, -0.15) is 0 Å². The number of aryl methyl sites for hydroxylation is 2. The Hall–Kier alpha value is -1.95. The van der Waals surface area contributed by atoms with E-state index in [0.29, 0.717) is 18.1 Å². The van der Waals surface area contributed by atoms with Crippen LogP contribution in [0.4, 0.5) is 0 Å². The van der Waals surface area contributed by atoms with Crippen LogP contribution in [0.1, 0.15) is 52.6 Å². The molecule has 1 atom stereocenters. The first-order chi connectivity index (χ1) is 11.1. The topological polar surface area (TPSA) is 55.3 Å². The number of carbonyl (C=O) groups is 1. The number of nitrogens with zero attached hydrogens (tertiary/aromatic N) is 3. The molecule has 0 radical (unpaired) electrons. The maximum atomic E-state index is 13.0. The van der Waals surface area contributed by atoms with E-state index in [4.69, 9.17) is 4.74 Å². The highest BCUT2D eigenvalue weighted by Gasteiger charge is 2.33. The molecule has 6 heteroatoms. The molecule has 3 heterocycles. The van der Waals surface area contributed by atoms with E-state index in [1.54, 1.807) is 11.3 Å². The Morgan fingerprint density at radius 3 is 2.91 bits per heavy atom. The van der Waals surface area contributed by atoms with Gasteiger partial charge in [0.2, 0.25) is 5.88 Å². The molecule has 23 heavy (non-hydrogen) atoms. The molecule has 0 aliphatic carbocycles. The molecule has 0 bridgehead atoms. The number of amides is 1. The van der Waals surface area contributed by atoms with Gasteiger partial charge in [-0.05, 0) is 45.7 Å². The molecule has 3 rings (SSSR count). The van der Waals surface area contributed by atoms with Crippen LogP contribution in [0, 0.1) is 13.8 Å². The Morgan fingerprint density at radius 2 is 2.22 bits per heavy atom. The predicted octanol–water partition coefficient (Wildman–Crippen LogP) is 3.53. The maximum absolute atomic E-state index is 13.0.